The summed E-state index contributed by atoms with van der Waals surface area (Å²) >= 11 is 2.04. The molecule has 10 heteroatoms. The topological polar surface area (TPSA) is 130 Å². The van der Waals surface area contributed by atoms with Gasteiger partial charge in [-0.15, -0.1) is 0 Å². The van der Waals surface area contributed by atoms with Crippen LogP contribution in [0.1, 0.15) is 18.7 Å². The van der Waals surface area contributed by atoms with E-state index in [4.69, 9.17) is 4.74 Å². The number of rotatable bonds is 2. The van der Waals surface area contributed by atoms with Gasteiger partial charge >= 0.3 is 0 Å². The molecule has 1 saturated heterocycles. The van der Waals surface area contributed by atoms with E-state index in [1.165, 1.54) is 19.3 Å². The Hall–Kier alpha value is -1.60. The van der Waals surface area contributed by atoms with Gasteiger partial charge in [0, 0.05) is 21.4 Å². The quantitative estimate of drug-likeness (QED) is 0.472. The summed E-state index contributed by atoms with van der Waals surface area (Å²) < 4.78 is 7.96. The molecule has 25 heavy (non-hydrogen) atoms. The van der Waals surface area contributed by atoms with Crippen LogP contribution in [0.5, 0.6) is 0 Å². The van der Waals surface area contributed by atoms with Crippen molar-refractivity contribution in [2.45, 2.75) is 31.0 Å². The van der Waals surface area contributed by atoms with Gasteiger partial charge < -0.3 is 29.9 Å². The molecule has 0 spiro atoms. The molecule has 1 fully saturated rings. The number of ether oxygens (including phenoxy) is 1. The third-order valence-corrected chi connectivity index (χ3v) is 5.45. The van der Waals surface area contributed by atoms with E-state index in [-0.39, 0.29) is 5.91 Å². The molecule has 2 aliphatic rings. The molecule has 2 aromatic heterocycles. The van der Waals surface area contributed by atoms with Crippen LogP contribution in [-0.4, -0.2) is 60.2 Å². The fraction of sp³-hybridized carbons (Fsp3) is 0.400. The monoisotopic (exact) mass is 458 g/mol. The van der Waals surface area contributed by atoms with Crippen LogP contribution in [-0.2, 0) is 9.53 Å². The van der Waals surface area contributed by atoms with Crippen LogP contribution in [0, 0.1) is 0 Å². The zero-order chi connectivity index (χ0) is 17.9. The van der Waals surface area contributed by atoms with Crippen molar-refractivity contribution in [3.63, 3.8) is 0 Å². The maximum Gasteiger partial charge on any atom is 0.250 e. The Bertz CT molecular complexity index is 909. The number of anilines is 1. The summed E-state index contributed by atoms with van der Waals surface area (Å²) in [7, 11) is 0. The molecule has 0 aromatic carbocycles. The average Bonchev–Trinajstić information content (AvgIpc) is 3.00. The summed E-state index contributed by atoms with van der Waals surface area (Å²) in [5.41, 5.74) is -0.476. The highest BCUT2D eigenvalue weighted by atomic mass is 127. The van der Waals surface area contributed by atoms with Crippen LogP contribution in [0.15, 0.2) is 18.6 Å². The molecular formula is C15H15IN4O5. The van der Waals surface area contributed by atoms with E-state index in [0.717, 1.165) is 0 Å². The Morgan fingerprint density at radius 1 is 1.48 bits per heavy atom. The Morgan fingerprint density at radius 2 is 2.24 bits per heavy atom. The predicted octanol–water partition coefficient (Wildman–Crippen LogP) is 0.161. The van der Waals surface area contributed by atoms with Crippen LogP contribution >= 0.6 is 22.6 Å². The molecule has 0 aliphatic carbocycles. The molecule has 4 heterocycles. The first-order valence-electron chi connectivity index (χ1n) is 7.55. The van der Waals surface area contributed by atoms with Gasteiger partial charge in [-0.1, -0.05) is 0 Å². The summed E-state index contributed by atoms with van der Waals surface area (Å²) in [6.07, 6.45) is 1.32. The predicted molar refractivity (Wildman–Crippen MR) is 95.8 cm³/mol. The zero-order valence-corrected chi connectivity index (χ0v) is 15.2. The molecule has 0 saturated carbocycles. The number of nitrogens with zero attached hydrogens (tertiary/aromatic N) is 3. The number of carbonyl (C=O) groups excluding carboxylic acids is 1. The maximum atomic E-state index is 11.9. The van der Waals surface area contributed by atoms with E-state index < -0.39 is 30.6 Å². The van der Waals surface area contributed by atoms with Crippen LogP contribution in [0.2, 0.25) is 0 Å². The van der Waals surface area contributed by atoms with E-state index >= 15 is 0 Å². The SMILES string of the molecule is CC1(O)[C@H](O)[C@@H](CO)O[C@H]1n1cc2c3c(ncnc31)NC(=O)C=C2I. The lowest BCUT2D eigenvalue weighted by atomic mass is 9.96. The van der Waals surface area contributed by atoms with E-state index in [2.05, 4.69) is 15.3 Å². The third kappa shape index (κ3) is 2.39. The standard InChI is InChI=1S/C15H15IN4O5/c1-15(24)11(23)8(4-21)25-14(15)20-3-6-7(16)2-9(22)19-12-10(6)13(20)18-5-17-12/h2-3,5,8,11,14,21,23-24H,4H2,1H3,(H,17,18,19,22)/t8-,11-,14-,15?/m1/s1. The van der Waals surface area contributed by atoms with Gasteiger partial charge in [0.15, 0.2) is 6.23 Å². The molecule has 1 amide bonds. The Morgan fingerprint density at radius 3 is 2.92 bits per heavy atom. The van der Waals surface area contributed by atoms with Gasteiger partial charge in [-0.3, -0.25) is 4.79 Å². The number of nitrogens with one attached hydrogen (secondary N) is 1. The minimum atomic E-state index is -1.63. The van der Waals surface area contributed by atoms with Crippen molar-refractivity contribution >= 4 is 48.9 Å². The molecule has 4 atom stereocenters. The number of amides is 1. The van der Waals surface area contributed by atoms with Crippen molar-refractivity contribution in [3.8, 4) is 0 Å². The molecule has 0 bridgehead atoms. The highest BCUT2D eigenvalue weighted by Gasteiger charge is 2.53. The third-order valence-electron chi connectivity index (χ3n) is 4.55. The van der Waals surface area contributed by atoms with Crippen molar-refractivity contribution in [3.05, 3.63) is 24.2 Å². The lowest BCUT2D eigenvalue weighted by Crippen LogP contribution is -2.44. The number of halogens is 1. The first-order chi connectivity index (χ1) is 11.8. The van der Waals surface area contributed by atoms with Gasteiger partial charge in [-0.2, -0.15) is 0 Å². The van der Waals surface area contributed by atoms with E-state index in [0.29, 0.717) is 26.0 Å². The second-order valence-corrected chi connectivity index (χ2v) is 7.39. The number of hydrogen-bond donors (Lipinski definition) is 4. The van der Waals surface area contributed by atoms with Gasteiger partial charge in [0.1, 0.15) is 35.6 Å². The number of hydrogen-bond acceptors (Lipinski definition) is 7. The van der Waals surface area contributed by atoms with Gasteiger partial charge in [0.25, 0.3) is 5.91 Å². The fourth-order valence-electron chi connectivity index (χ4n) is 3.28. The van der Waals surface area contributed by atoms with Gasteiger partial charge in [0.2, 0.25) is 0 Å². The molecule has 132 valence electrons. The molecule has 0 radical (unpaired) electrons. The Labute approximate surface area is 155 Å². The first-order valence-corrected chi connectivity index (χ1v) is 8.63. The minimum absolute atomic E-state index is 0.285. The second-order valence-electron chi connectivity index (χ2n) is 6.23. The van der Waals surface area contributed by atoms with Crippen molar-refractivity contribution in [2.24, 2.45) is 0 Å². The molecule has 2 aliphatic heterocycles. The van der Waals surface area contributed by atoms with Crippen LogP contribution in [0.3, 0.4) is 0 Å². The largest absolute Gasteiger partial charge is 0.394 e. The Kier molecular flexibility index (Phi) is 3.85. The summed E-state index contributed by atoms with van der Waals surface area (Å²) in [6.45, 7) is 1.02. The van der Waals surface area contributed by atoms with Crippen molar-refractivity contribution in [1.82, 2.24) is 14.5 Å². The van der Waals surface area contributed by atoms with Crippen LogP contribution < -0.4 is 5.32 Å². The van der Waals surface area contributed by atoms with Crippen LogP contribution in [0.4, 0.5) is 5.82 Å². The Balaban J connectivity index is 1.94. The minimum Gasteiger partial charge on any atom is -0.394 e. The molecule has 2 aromatic rings. The van der Waals surface area contributed by atoms with Crippen molar-refractivity contribution in [2.75, 3.05) is 11.9 Å². The summed E-state index contributed by atoms with van der Waals surface area (Å²) in [6, 6.07) is 0. The molecule has 9 nitrogen and oxygen atoms in total. The molecule has 4 rings (SSSR count). The normalized spacial score (nSPS) is 31.8. The summed E-state index contributed by atoms with van der Waals surface area (Å²) in [4.78, 5) is 20.3. The van der Waals surface area contributed by atoms with E-state index in [1.807, 2.05) is 22.6 Å². The number of aromatic nitrogens is 3. The molecule has 1 unspecified atom stereocenters. The zero-order valence-electron chi connectivity index (χ0n) is 13.0. The van der Waals surface area contributed by atoms with Crippen molar-refractivity contribution < 1.29 is 24.9 Å². The number of aliphatic hydroxyl groups excluding tert-OH is 2. The van der Waals surface area contributed by atoms with Gasteiger partial charge in [0.05, 0.1) is 12.0 Å². The summed E-state index contributed by atoms with van der Waals surface area (Å²) in [5, 5.41) is 33.6. The highest BCUT2D eigenvalue weighted by Crippen LogP contribution is 2.43. The van der Waals surface area contributed by atoms with E-state index in [9.17, 15) is 20.1 Å². The van der Waals surface area contributed by atoms with E-state index in [1.54, 1.807) is 10.8 Å². The van der Waals surface area contributed by atoms with Crippen molar-refractivity contribution in [1.29, 1.82) is 0 Å². The number of aliphatic hydroxyl groups is 3. The smallest absolute Gasteiger partial charge is 0.250 e. The second kappa shape index (κ2) is 5.71. The fourth-order valence-corrected chi connectivity index (χ4v) is 3.97. The van der Waals surface area contributed by atoms with Gasteiger partial charge in [-0.25, -0.2) is 9.97 Å². The number of carbonyl (C=O) groups is 1. The lowest BCUT2D eigenvalue weighted by Gasteiger charge is -2.27. The first kappa shape index (κ1) is 16.8. The molecule has 4 N–H and O–H groups in total. The highest BCUT2D eigenvalue weighted by molar-refractivity contribution is 14.1. The summed E-state index contributed by atoms with van der Waals surface area (Å²) in [5.74, 6) is 0.0793. The van der Waals surface area contributed by atoms with Gasteiger partial charge in [-0.05, 0) is 29.5 Å². The lowest BCUT2D eigenvalue weighted by molar-refractivity contribution is -0.111. The van der Waals surface area contributed by atoms with Crippen LogP contribution in [0.25, 0.3) is 14.6 Å². The average molecular weight is 458 g/mol. The maximum absolute atomic E-state index is 11.9. The molecular weight excluding hydrogens is 443 g/mol.